The van der Waals surface area contributed by atoms with E-state index in [4.69, 9.17) is 0 Å². The van der Waals surface area contributed by atoms with Crippen LogP contribution in [-0.2, 0) is 0 Å². The molecule has 22 heavy (non-hydrogen) atoms. The van der Waals surface area contributed by atoms with E-state index in [1.54, 1.807) is 0 Å². The summed E-state index contributed by atoms with van der Waals surface area (Å²) in [7, 11) is 2.31. The molecular formula is C18H36N4. The molecule has 0 aromatic rings. The molecule has 4 aliphatic heterocycles. The van der Waals surface area contributed by atoms with E-state index in [2.05, 4.69) is 26.6 Å². The van der Waals surface area contributed by atoms with Gasteiger partial charge in [-0.25, -0.2) is 0 Å². The van der Waals surface area contributed by atoms with E-state index in [1.165, 1.54) is 104 Å². The average Bonchev–Trinajstić information content (AvgIpc) is 2.60. The molecule has 4 atom stereocenters. The topological polar surface area (TPSA) is 13.0 Å². The van der Waals surface area contributed by atoms with E-state index in [1.807, 2.05) is 0 Å². The lowest BCUT2D eigenvalue weighted by Gasteiger charge is -2.34. The number of fused-ring (bicyclic) bond motifs is 6. The van der Waals surface area contributed by atoms with E-state index >= 15 is 0 Å². The Kier molecular flexibility index (Phi) is 6.54. The van der Waals surface area contributed by atoms with Crippen LogP contribution in [-0.4, -0.2) is 98.1 Å². The van der Waals surface area contributed by atoms with Crippen LogP contribution in [0, 0.1) is 0 Å². The second kappa shape index (κ2) is 8.62. The summed E-state index contributed by atoms with van der Waals surface area (Å²) in [5.41, 5.74) is 0. The molecule has 4 unspecified atom stereocenters. The van der Waals surface area contributed by atoms with Crippen molar-refractivity contribution in [2.24, 2.45) is 0 Å². The fourth-order valence-corrected chi connectivity index (χ4v) is 4.46. The minimum absolute atomic E-state index is 0.832. The Balaban J connectivity index is 1.78. The van der Waals surface area contributed by atoms with Crippen LogP contribution < -0.4 is 0 Å². The molecule has 0 aromatic heterocycles. The quantitative estimate of drug-likeness (QED) is 0.673. The highest BCUT2D eigenvalue weighted by atomic mass is 15.2. The monoisotopic (exact) mass is 308 g/mol. The van der Waals surface area contributed by atoms with Gasteiger partial charge in [-0.05, 0) is 78.4 Å². The third-order valence-corrected chi connectivity index (χ3v) is 5.99. The highest BCUT2D eigenvalue weighted by Gasteiger charge is 2.23. The van der Waals surface area contributed by atoms with Crippen molar-refractivity contribution < 1.29 is 0 Å². The zero-order valence-electron chi connectivity index (χ0n) is 14.7. The van der Waals surface area contributed by atoms with Crippen molar-refractivity contribution in [2.75, 3.05) is 72.5 Å². The minimum Gasteiger partial charge on any atom is -0.305 e. The molecule has 128 valence electrons. The summed E-state index contributed by atoms with van der Waals surface area (Å²) in [6.45, 7) is 13.0. The molecule has 0 N–H and O–H groups in total. The Labute approximate surface area is 137 Å². The molecule has 4 nitrogen and oxygen atoms in total. The Hall–Kier alpha value is -0.160. The van der Waals surface area contributed by atoms with Gasteiger partial charge in [0.1, 0.15) is 0 Å². The van der Waals surface area contributed by atoms with Crippen LogP contribution >= 0.6 is 0 Å². The van der Waals surface area contributed by atoms with Gasteiger partial charge in [-0.15, -0.1) is 0 Å². The maximum Gasteiger partial charge on any atom is 0.0112 e. The van der Waals surface area contributed by atoms with E-state index in [-0.39, 0.29) is 0 Å². The molecule has 0 saturated carbocycles. The second-order valence-corrected chi connectivity index (χ2v) is 7.67. The highest BCUT2D eigenvalue weighted by Crippen LogP contribution is 2.18. The lowest BCUT2D eigenvalue weighted by molar-refractivity contribution is 0.139. The van der Waals surface area contributed by atoms with Crippen LogP contribution in [0.3, 0.4) is 0 Å². The third-order valence-electron chi connectivity index (χ3n) is 5.99. The minimum atomic E-state index is 0.832. The molecule has 0 aliphatic carbocycles. The van der Waals surface area contributed by atoms with Crippen molar-refractivity contribution >= 4 is 0 Å². The number of nitrogens with zero attached hydrogens (tertiary/aromatic N) is 4. The van der Waals surface area contributed by atoms with Crippen LogP contribution in [0.1, 0.15) is 38.5 Å². The summed E-state index contributed by atoms with van der Waals surface area (Å²) in [5.74, 6) is 0. The van der Waals surface area contributed by atoms with Crippen LogP contribution in [0.15, 0.2) is 0 Å². The number of hydrogen-bond donors (Lipinski definition) is 0. The summed E-state index contributed by atoms with van der Waals surface area (Å²) in [6.07, 6.45) is 8.34. The summed E-state index contributed by atoms with van der Waals surface area (Å²) in [4.78, 5) is 10.9. The van der Waals surface area contributed by atoms with Crippen molar-refractivity contribution in [3.8, 4) is 0 Å². The predicted octanol–water partition coefficient (Wildman–Crippen LogP) is 1.57. The Morgan fingerprint density at radius 2 is 1.27 bits per heavy atom. The molecule has 4 heteroatoms. The first-order chi connectivity index (χ1) is 10.8. The summed E-state index contributed by atoms with van der Waals surface area (Å²) in [6, 6.07) is 0.832. The van der Waals surface area contributed by atoms with Crippen molar-refractivity contribution in [3.63, 3.8) is 0 Å². The van der Waals surface area contributed by atoms with Gasteiger partial charge in [0.05, 0.1) is 0 Å². The highest BCUT2D eigenvalue weighted by molar-refractivity contribution is 4.80. The second-order valence-electron chi connectivity index (χ2n) is 7.67. The number of likely N-dealkylation sites (N-methyl/N-ethyl adjacent to an activating group) is 1. The first-order valence-electron chi connectivity index (χ1n) is 9.68. The van der Waals surface area contributed by atoms with Gasteiger partial charge in [0, 0.05) is 32.2 Å². The SMILES string of the molecule is CN1CCCN2CCC3CCCCN(CCCN3CC1)CC2. The normalized spacial score (nSPS) is 39.7. The van der Waals surface area contributed by atoms with E-state index in [0.29, 0.717) is 0 Å². The summed E-state index contributed by atoms with van der Waals surface area (Å²) < 4.78 is 0. The molecule has 4 fully saturated rings. The molecule has 4 saturated heterocycles. The molecule has 0 radical (unpaired) electrons. The summed E-state index contributed by atoms with van der Waals surface area (Å²) in [5, 5.41) is 0. The Morgan fingerprint density at radius 1 is 0.545 bits per heavy atom. The molecule has 4 rings (SSSR count). The zero-order chi connectivity index (χ0) is 15.2. The van der Waals surface area contributed by atoms with Crippen molar-refractivity contribution in [3.05, 3.63) is 0 Å². The van der Waals surface area contributed by atoms with Gasteiger partial charge < -0.3 is 14.7 Å². The van der Waals surface area contributed by atoms with Crippen LogP contribution in [0.5, 0.6) is 0 Å². The average molecular weight is 309 g/mol. The van der Waals surface area contributed by atoms with Gasteiger partial charge in [0.2, 0.25) is 0 Å². The van der Waals surface area contributed by atoms with Gasteiger partial charge in [0.25, 0.3) is 0 Å². The Morgan fingerprint density at radius 3 is 2.14 bits per heavy atom. The molecule has 4 bridgehead atoms. The van der Waals surface area contributed by atoms with Gasteiger partial charge in [-0.1, -0.05) is 6.42 Å². The van der Waals surface area contributed by atoms with E-state index in [9.17, 15) is 0 Å². The molecule has 4 aliphatic rings. The fourth-order valence-electron chi connectivity index (χ4n) is 4.46. The molecule has 0 amide bonds. The van der Waals surface area contributed by atoms with Gasteiger partial charge in [0.15, 0.2) is 0 Å². The van der Waals surface area contributed by atoms with Gasteiger partial charge in [-0.3, -0.25) is 4.90 Å². The third kappa shape index (κ3) is 4.92. The van der Waals surface area contributed by atoms with Gasteiger partial charge >= 0.3 is 0 Å². The molecule has 4 heterocycles. The molecule has 0 aromatic carbocycles. The number of rotatable bonds is 0. The maximum atomic E-state index is 2.84. The Bertz CT molecular complexity index is 322. The van der Waals surface area contributed by atoms with E-state index in [0.717, 1.165) is 6.04 Å². The van der Waals surface area contributed by atoms with Crippen LogP contribution in [0.4, 0.5) is 0 Å². The fraction of sp³-hybridized carbons (Fsp3) is 1.00. The van der Waals surface area contributed by atoms with Gasteiger partial charge in [-0.2, -0.15) is 0 Å². The predicted molar refractivity (Wildman–Crippen MR) is 93.4 cm³/mol. The zero-order valence-corrected chi connectivity index (χ0v) is 14.7. The largest absolute Gasteiger partial charge is 0.305 e. The van der Waals surface area contributed by atoms with Crippen LogP contribution in [0.2, 0.25) is 0 Å². The standard InChI is InChI=1S/C18H36N4/c1-19-8-4-10-21-13-7-18-6-2-3-9-20(15-16-21)11-5-12-22(18)17-14-19/h18H,2-17H2,1H3. The van der Waals surface area contributed by atoms with Crippen LogP contribution in [0.25, 0.3) is 0 Å². The molecule has 0 spiro atoms. The molecular weight excluding hydrogens is 272 g/mol. The first-order valence-corrected chi connectivity index (χ1v) is 9.68. The lowest BCUT2D eigenvalue weighted by Crippen LogP contribution is -2.43. The first kappa shape index (κ1) is 16.7. The smallest absolute Gasteiger partial charge is 0.0112 e. The lowest BCUT2D eigenvalue weighted by atomic mass is 10.0. The van der Waals surface area contributed by atoms with Crippen molar-refractivity contribution in [1.82, 2.24) is 19.6 Å². The van der Waals surface area contributed by atoms with Crippen molar-refractivity contribution in [1.29, 1.82) is 0 Å². The maximum absolute atomic E-state index is 2.84. The summed E-state index contributed by atoms with van der Waals surface area (Å²) >= 11 is 0. The van der Waals surface area contributed by atoms with E-state index < -0.39 is 0 Å². The van der Waals surface area contributed by atoms with Crippen molar-refractivity contribution in [2.45, 2.75) is 44.6 Å². The number of hydrogen-bond acceptors (Lipinski definition) is 4.